The molecule has 0 amide bonds. The van der Waals surface area contributed by atoms with E-state index in [-0.39, 0.29) is 5.60 Å². The Kier molecular flexibility index (Phi) is 1.76. The maximum absolute atomic E-state index is 10.1. The molecule has 0 aliphatic heterocycles. The Hall–Kier alpha value is -0.300. The zero-order valence-electron chi connectivity index (χ0n) is 6.92. The van der Waals surface area contributed by atoms with E-state index in [1.54, 1.807) is 0 Å². The van der Waals surface area contributed by atoms with Crippen LogP contribution in [0, 0.1) is 5.92 Å². The highest BCUT2D eigenvalue weighted by molar-refractivity contribution is 5.05. The first kappa shape index (κ1) is 7.35. The first-order chi connectivity index (χ1) is 5.31. The third kappa shape index (κ3) is 1.22. The summed E-state index contributed by atoms with van der Waals surface area (Å²) in [5, 5.41) is 10.1. The number of fused-ring (bicyclic) bond motifs is 1. The van der Waals surface area contributed by atoms with Crippen LogP contribution in [0.25, 0.3) is 0 Å². The van der Waals surface area contributed by atoms with Gasteiger partial charge in [-0.05, 0) is 38.5 Å². The van der Waals surface area contributed by atoms with E-state index in [0.717, 1.165) is 12.8 Å². The minimum absolute atomic E-state index is 0.312. The summed E-state index contributed by atoms with van der Waals surface area (Å²) in [7, 11) is 0. The van der Waals surface area contributed by atoms with Gasteiger partial charge in [-0.3, -0.25) is 0 Å². The van der Waals surface area contributed by atoms with Crippen LogP contribution in [0.2, 0.25) is 0 Å². The summed E-state index contributed by atoms with van der Waals surface area (Å²) in [6, 6.07) is 0. The van der Waals surface area contributed by atoms with Gasteiger partial charge in [0.1, 0.15) is 0 Å². The first-order valence-electron chi connectivity index (χ1n) is 4.70. The van der Waals surface area contributed by atoms with E-state index in [1.165, 1.54) is 25.7 Å². The topological polar surface area (TPSA) is 20.2 Å². The third-order valence-electron chi connectivity index (χ3n) is 3.16. The lowest BCUT2D eigenvalue weighted by molar-refractivity contribution is 0.0114. The number of hydrogen-bond donors (Lipinski definition) is 1. The molecule has 1 fully saturated rings. The van der Waals surface area contributed by atoms with E-state index in [1.807, 2.05) is 0 Å². The monoisotopic (exact) mass is 152 g/mol. The molecule has 0 aromatic rings. The molecule has 2 aliphatic carbocycles. The molecule has 1 nitrogen and oxygen atoms in total. The predicted octanol–water partition coefficient (Wildman–Crippen LogP) is 2.26. The van der Waals surface area contributed by atoms with Gasteiger partial charge in [0.05, 0.1) is 5.60 Å². The summed E-state index contributed by atoms with van der Waals surface area (Å²) in [6.45, 7) is 0. The molecule has 11 heavy (non-hydrogen) atoms. The lowest BCUT2D eigenvalue weighted by Gasteiger charge is -2.26. The Labute approximate surface area is 68.1 Å². The SMILES string of the molecule is O[C@]12CCCC=C[C@@H]1CCC2. The highest BCUT2D eigenvalue weighted by Gasteiger charge is 2.39. The predicted molar refractivity (Wildman–Crippen MR) is 45.3 cm³/mol. The second-order valence-electron chi connectivity index (χ2n) is 3.92. The maximum atomic E-state index is 10.1. The minimum Gasteiger partial charge on any atom is -0.389 e. The summed E-state index contributed by atoms with van der Waals surface area (Å²) in [4.78, 5) is 0. The van der Waals surface area contributed by atoms with E-state index in [9.17, 15) is 5.11 Å². The molecule has 0 unspecified atom stereocenters. The van der Waals surface area contributed by atoms with Crippen LogP contribution >= 0.6 is 0 Å². The van der Waals surface area contributed by atoms with Crippen molar-refractivity contribution in [2.75, 3.05) is 0 Å². The Morgan fingerprint density at radius 3 is 3.00 bits per heavy atom. The average molecular weight is 152 g/mol. The first-order valence-corrected chi connectivity index (χ1v) is 4.70. The summed E-state index contributed by atoms with van der Waals surface area (Å²) >= 11 is 0. The molecule has 0 spiro atoms. The Bertz CT molecular complexity index is 174. The van der Waals surface area contributed by atoms with E-state index < -0.39 is 0 Å². The van der Waals surface area contributed by atoms with E-state index in [0.29, 0.717) is 5.92 Å². The van der Waals surface area contributed by atoms with Crippen LogP contribution in [0.3, 0.4) is 0 Å². The van der Waals surface area contributed by atoms with Crippen molar-refractivity contribution in [1.29, 1.82) is 0 Å². The van der Waals surface area contributed by atoms with Crippen molar-refractivity contribution < 1.29 is 5.11 Å². The summed E-state index contributed by atoms with van der Waals surface area (Å²) in [5.74, 6) is 0.477. The van der Waals surface area contributed by atoms with Crippen molar-refractivity contribution >= 4 is 0 Å². The molecule has 0 aromatic heterocycles. The maximum Gasteiger partial charge on any atom is 0.0710 e. The molecule has 62 valence electrons. The molecule has 0 heterocycles. The highest BCUT2D eigenvalue weighted by atomic mass is 16.3. The van der Waals surface area contributed by atoms with Crippen molar-refractivity contribution in [3.05, 3.63) is 12.2 Å². The molecule has 2 aliphatic rings. The van der Waals surface area contributed by atoms with E-state index in [4.69, 9.17) is 0 Å². The fraction of sp³-hybridized carbons (Fsp3) is 0.800. The lowest BCUT2D eigenvalue weighted by atomic mass is 9.88. The van der Waals surface area contributed by atoms with E-state index in [2.05, 4.69) is 12.2 Å². The largest absolute Gasteiger partial charge is 0.389 e. The normalized spacial score (nSPS) is 43.5. The molecule has 0 aromatic carbocycles. The number of hydrogen-bond acceptors (Lipinski definition) is 1. The van der Waals surface area contributed by atoms with Crippen molar-refractivity contribution in [3.8, 4) is 0 Å². The van der Waals surface area contributed by atoms with Crippen LogP contribution < -0.4 is 0 Å². The van der Waals surface area contributed by atoms with Crippen molar-refractivity contribution in [3.63, 3.8) is 0 Å². The van der Waals surface area contributed by atoms with Crippen LogP contribution in [0.4, 0.5) is 0 Å². The number of allylic oxidation sites excluding steroid dienone is 1. The fourth-order valence-corrected chi connectivity index (χ4v) is 2.45. The molecular weight excluding hydrogens is 136 g/mol. The molecule has 0 radical (unpaired) electrons. The van der Waals surface area contributed by atoms with Crippen LogP contribution in [0.5, 0.6) is 0 Å². The molecule has 2 rings (SSSR count). The Balaban J connectivity index is 2.18. The second-order valence-corrected chi connectivity index (χ2v) is 3.92. The van der Waals surface area contributed by atoms with Crippen LogP contribution in [-0.4, -0.2) is 10.7 Å². The van der Waals surface area contributed by atoms with Gasteiger partial charge in [0, 0.05) is 5.92 Å². The van der Waals surface area contributed by atoms with Gasteiger partial charge in [-0.25, -0.2) is 0 Å². The minimum atomic E-state index is -0.312. The van der Waals surface area contributed by atoms with Gasteiger partial charge in [-0.15, -0.1) is 0 Å². The van der Waals surface area contributed by atoms with Crippen LogP contribution in [0.15, 0.2) is 12.2 Å². The van der Waals surface area contributed by atoms with Gasteiger partial charge in [0.2, 0.25) is 0 Å². The summed E-state index contributed by atoms with van der Waals surface area (Å²) in [6.07, 6.45) is 11.3. The Morgan fingerprint density at radius 2 is 2.09 bits per heavy atom. The van der Waals surface area contributed by atoms with Gasteiger partial charge in [-0.2, -0.15) is 0 Å². The fourth-order valence-electron chi connectivity index (χ4n) is 2.45. The third-order valence-corrected chi connectivity index (χ3v) is 3.16. The summed E-state index contributed by atoms with van der Waals surface area (Å²) < 4.78 is 0. The highest BCUT2D eigenvalue weighted by Crippen LogP contribution is 2.41. The Morgan fingerprint density at radius 1 is 1.27 bits per heavy atom. The molecular formula is C10H16O. The number of aliphatic hydroxyl groups is 1. The molecule has 1 heteroatoms. The van der Waals surface area contributed by atoms with Crippen LogP contribution in [0.1, 0.15) is 38.5 Å². The molecule has 0 bridgehead atoms. The van der Waals surface area contributed by atoms with Crippen LogP contribution in [-0.2, 0) is 0 Å². The number of rotatable bonds is 0. The molecule has 1 saturated carbocycles. The van der Waals surface area contributed by atoms with Crippen molar-refractivity contribution in [2.24, 2.45) is 5.92 Å². The van der Waals surface area contributed by atoms with Gasteiger partial charge >= 0.3 is 0 Å². The van der Waals surface area contributed by atoms with Gasteiger partial charge in [0.25, 0.3) is 0 Å². The summed E-state index contributed by atoms with van der Waals surface area (Å²) in [5.41, 5.74) is -0.312. The zero-order valence-corrected chi connectivity index (χ0v) is 6.92. The quantitative estimate of drug-likeness (QED) is 0.528. The zero-order chi connectivity index (χ0) is 7.73. The van der Waals surface area contributed by atoms with Gasteiger partial charge in [0.15, 0.2) is 0 Å². The van der Waals surface area contributed by atoms with Gasteiger partial charge < -0.3 is 5.11 Å². The van der Waals surface area contributed by atoms with E-state index >= 15 is 0 Å². The molecule has 1 N–H and O–H groups in total. The standard InChI is InChI=1S/C10H16O/c11-10-7-3-1-2-5-9(10)6-4-8-10/h2,5,9,11H,1,3-4,6-8H2/t9-,10+/m1/s1. The second kappa shape index (κ2) is 2.63. The molecule has 2 atom stereocenters. The smallest absolute Gasteiger partial charge is 0.0710 e. The van der Waals surface area contributed by atoms with Crippen molar-refractivity contribution in [1.82, 2.24) is 0 Å². The molecule has 0 saturated heterocycles. The average Bonchev–Trinajstić information content (AvgIpc) is 2.24. The van der Waals surface area contributed by atoms with Gasteiger partial charge in [-0.1, -0.05) is 12.2 Å². The lowest BCUT2D eigenvalue weighted by Crippen LogP contribution is -2.30. The van der Waals surface area contributed by atoms with Crippen molar-refractivity contribution in [2.45, 2.75) is 44.1 Å².